The summed E-state index contributed by atoms with van der Waals surface area (Å²) in [4.78, 5) is 34.3. The maximum Gasteiger partial charge on any atom is 0.408 e. The largest absolute Gasteiger partial charge is 0.464 e. The maximum absolute atomic E-state index is 11.7. The molecule has 0 aromatic heterocycles. The van der Waals surface area contributed by atoms with Crippen LogP contribution in [-0.2, 0) is 19.1 Å². The fourth-order valence-electron chi connectivity index (χ4n) is 1.18. The number of alkyl carbamates (subject to hydrolysis) is 1. The summed E-state index contributed by atoms with van der Waals surface area (Å²) >= 11 is 1.26. The van der Waals surface area contributed by atoms with E-state index in [4.69, 9.17) is 9.47 Å². The topological polar surface area (TPSA) is 81.7 Å². The van der Waals surface area contributed by atoms with Crippen LogP contribution in [0.2, 0.25) is 0 Å². The molecule has 0 rings (SSSR count). The number of thioether (sulfide) groups is 1. The number of nitrogens with one attached hydrogen (secondary N) is 1. The molecule has 116 valence electrons. The second-order valence-corrected chi connectivity index (χ2v) is 6.20. The summed E-state index contributed by atoms with van der Waals surface area (Å²) in [6.07, 6.45) is -0.682. The van der Waals surface area contributed by atoms with Crippen molar-refractivity contribution in [2.45, 2.75) is 46.3 Å². The van der Waals surface area contributed by atoms with Crippen LogP contribution in [0, 0.1) is 0 Å². The van der Waals surface area contributed by atoms with Gasteiger partial charge >= 0.3 is 12.1 Å². The minimum atomic E-state index is -0.825. The van der Waals surface area contributed by atoms with Gasteiger partial charge in [0, 0.05) is 5.75 Å². The van der Waals surface area contributed by atoms with E-state index in [1.807, 2.05) is 0 Å². The van der Waals surface area contributed by atoms with Crippen LogP contribution in [0.25, 0.3) is 0 Å². The predicted molar refractivity (Wildman–Crippen MR) is 77.8 cm³/mol. The van der Waals surface area contributed by atoms with Gasteiger partial charge < -0.3 is 14.8 Å². The summed E-state index contributed by atoms with van der Waals surface area (Å²) in [5.41, 5.74) is -0.643. The molecule has 0 saturated carbocycles. The van der Waals surface area contributed by atoms with Gasteiger partial charge in [0.1, 0.15) is 17.4 Å². The van der Waals surface area contributed by atoms with Crippen LogP contribution in [0.3, 0.4) is 0 Å². The summed E-state index contributed by atoms with van der Waals surface area (Å²) < 4.78 is 9.97. The van der Waals surface area contributed by atoms with E-state index in [0.717, 1.165) is 0 Å². The van der Waals surface area contributed by atoms with E-state index in [1.54, 1.807) is 27.7 Å². The molecule has 0 aromatic rings. The molecule has 1 atom stereocenters. The Morgan fingerprint density at radius 2 is 1.85 bits per heavy atom. The lowest BCUT2D eigenvalue weighted by Crippen LogP contribution is -2.45. The van der Waals surface area contributed by atoms with Crippen LogP contribution in [0.1, 0.15) is 34.6 Å². The standard InChI is InChI=1S/C13H23NO5S/c1-6-18-11(16)10(8-20-7-9(2)15)14-12(17)19-13(3,4)5/h10H,6-8H2,1-5H3,(H,14,17). The highest BCUT2D eigenvalue weighted by atomic mass is 32.2. The van der Waals surface area contributed by atoms with Crippen molar-refractivity contribution in [3.05, 3.63) is 0 Å². The van der Waals surface area contributed by atoms with Crippen molar-refractivity contribution in [3.63, 3.8) is 0 Å². The van der Waals surface area contributed by atoms with Crippen LogP contribution in [0.5, 0.6) is 0 Å². The number of rotatable bonds is 7. The Morgan fingerprint density at radius 3 is 2.30 bits per heavy atom. The smallest absolute Gasteiger partial charge is 0.408 e. The molecule has 0 fully saturated rings. The minimum absolute atomic E-state index is 0.00915. The number of amides is 1. The molecule has 1 N–H and O–H groups in total. The van der Waals surface area contributed by atoms with Gasteiger partial charge in [0.15, 0.2) is 0 Å². The van der Waals surface area contributed by atoms with Crippen molar-refractivity contribution < 1.29 is 23.9 Å². The Balaban J connectivity index is 4.48. The first kappa shape index (κ1) is 18.8. The number of esters is 1. The van der Waals surface area contributed by atoms with Gasteiger partial charge in [-0.2, -0.15) is 11.8 Å². The van der Waals surface area contributed by atoms with E-state index in [2.05, 4.69) is 5.32 Å². The number of carbonyl (C=O) groups excluding carboxylic acids is 3. The van der Waals surface area contributed by atoms with Crippen LogP contribution >= 0.6 is 11.8 Å². The van der Waals surface area contributed by atoms with Crippen LogP contribution < -0.4 is 5.32 Å². The van der Waals surface area contributed by atoms with Gasteiger partial charge in [-0.1, -0.05) is 0 Å². The molecule has 20 heavy (non-hydrogen) atoms. The molecule has 0 aromatic carbocycles. The molecule has 0 aliphatic carbocycles. The van der Waals surface area contributed by atoms with Gasteiger partial charge in [-0.25, -0.2) is 9.59 Å². The van der Waals surface area contributed by atoms with Gasteiger partial charge in [-0.05, 0) is 34.6 Å². The third-order valence-electron chi connectivity index (χ3n) is 1.85. The Labute approximate surface area is 124 Å². The van der Waals surface area contributed by atoms with Crippen LogP contribution in [0.15, 0.2) is 0 Å². The molecule has 1 unspecified atom stereocenters. The third-order valence-corrected chi connectivity index (χ3v) is 3.03. The summed E-state index contributed by atoms with van der Waals surface area (Å²) in [7, 11) is 0. The zero-order valence-electron chi connectivity index (χ0n) is 12.6. The molecule has 7 heteroatoms. The highest BCUT2D eigenvalue weighted by molar-refractivity contribution is 8.00. The molecule has 0 heterocycles. The lowest BCUT2D eigenvalue weighted by atomic mass is 10.2. The van der Waals surface area contributed by atoms with E-state index in [-0.39, 0.29) is 23.9 Å². The van der Waals surface area contributed by atoms with Crippen molar-refractivity contribution >= 4 is 29.6 Å². The van der Waals surface area contributed by atoms with Gasteiger partial charge in [0.05, 0.1) is 12.4 Å². The van der Waals surface area contributed by atoms with E-state index < -0.39 is 23.7 Å². The SMILES string of the molecule is CCOC(=O)C(CSCC(C)=O)NC(=O)OC(C)(C)C. The number of carbonyl (C=O) groups is 3. The Kier molecular flexibility index (Phi) is 8.29. The summed E-state index contributed by atoms with van der Waals surface area (Å²) in [6, 6.07) is -0.825. The number of Topliss-reactive ketones (excluding diaryl/α,β-unsaturated/α-hetero) is 1. The molecule has 0 spiro atoms. The molecule has 0 bridgehead atoms. The van der Waals surface area contributed by atoms with Crippen molar-refractivity contribution in [2.75, 3.05) is 18.1 Å². The van der Waals surface area contributed by atoms with Crippen molar-refractivity contribution in [1.82, 2.24) is 5.32 Å². The highest BCUT2D eigenvalue weighted by Crippen LogP contribution is 2.09. The van der Waals surface area contributed by atoms with Crippen molar-refractivity contribution in [2.24, 2.45) is 0 Å². The summed E-state index contributed by atoms with van der Waals surface area (Å²) in [5, 5.41) is 2.46. The number of hydrogen-bond donors (Lipinski definition) is 1. The van der Waals surface area contributed by atoms with Crippen molar-refractivity contribution in [1.29, 1.82) is 0 Å². The molecule has 0 aliphatic heterocycles. The number of ether oxygens (including phenoxy) is 2. The molecule has 6 nitrogen and oxygen atoms in total. The van der Waals surface area contributed by atoms with Gasteiger partial charge in [-0.15, -0.1) is 0 Å². The first-order valence-corrected chi connectivity index (χ1v) is 7.54. The zero-order valence-corrected chi connectivity index (χ0v) is 13.5. The Bertz CT molecular complexity index is 351. The van der Waals surface area contributed by atoms with Gasteiger partial charge in [0.2, 0.25) is 0 Å². The second-order valence-electron chi connectivity index (χ2n) is 5.17. The highest BCUT2D eigenvalue weighted by Gasteiger charge is 2.25. The fraction of sp³-hybridized carbons (Fsp3) is 0.769. The first-order chi connectivity index (χ1) is 9.15. The molecule has 0 aliphatic rings. The van der Waals surface area contributed by atoms with E-state index in [0.29, 0.717) is 0 Å². The molecule has 0 radical (unpaired) electrons. The normalized spacial score (nSPS) is 12.4. The Hall–Kier alpha value is -1.24. The lowest BCUT2D eigenvalue weighted by molar-refractivity contribution is -0.145. The van der Waals surface area contributed by atoms with Crippen molar-refractivity contribution in [3.8, 4) is 0 Å². The van der Waals surface area contributed by atoms with E-state index in [9.17, 15) is 14.4 Å². The minimum Gasteiger partial charge on any atom is -0.464 e. The third kappa shape index (κ3) is 9.66. The van der Waals surface area contributed by atoms with E-state index in [1.165, 1.54) is 18.7 Å². The maximum atomic E-state index is 11.7. The average molecular weight is 305 g/mol. The summed E-state index contributed by atoms with van der Waals surface area (Å²) in [5.74, 6) is 0.0214. The zero-order chi connectivity index (χ0) is 15.8. The molecular formula is C13H23NO5S. The van der Waals surface area contributed by atoms with Gasteiger partial charge in [-0.3, -0.25) is 4.79 Å². The number of hydrogen-bond acceptors (Lipinski definition) is 6. The van der Waals surface area contributed by atoms with E-state index >= 15 is 0 Å². The molecule has 0 saturated heterocycles. The quantitative estimate of drug-likeness (QED) is 0.722. The van der Waals surface area contributed by atoms with Crippen LogP contribution in [0.4, 0.5) is 4.79 Å². The average Bonchev–Trinajstić information content (AvgIpc) is 2.24. The van der Waals surface area contributed by atoms with Crippen LogP contribution in [-0.4, -0.2) is 47.6 Å². The first-order valence-electron chi connectivity index (χ1n) is 6.39. The second kappa shape index (κ2) is 8.84. The van der Waals surface area contributed by atoms with Gasteiger partial charge in [0.25, 0.3) is 0 Å². The lowest BCUT2D eigenvalue weighted by Gasteiger charge is -2.22. The molecule has 1 amide bonds. The fourth-order valence-corrected chi connectivity index (χ4v) is 2.04. The molecular weight excluding hydrogens is 282 g/mol. The monoisotopic (exact) mass is 305 g/mol. The Morgan fingerprint density at radius 1 is 1.25 bits per heavy atom. The number of ketones is 1. The predicted octanol–water partition coefficient (Wildman–Crippen LogP) is 1.76. The summed E-state index contributed by atoms with van der Waals surface area (Å²) in [6.45, 7) is 8.57.